The number of hydrogen-bond acceptors (Lipinski definition) is 1. The van der Waals surface area contributed by atoms with Crippen LogP contribution in [0.5, 0.6) is 0 Å². The fraction of sp³-hybridized carbons (Fsp3) is 0.684. The highest BCUT2D eigenvalue weighted by Crippen LogP contribution is 2.28. The highest BCUT2D eigenvalue weighted by Gasteiger charge is 2.20. The molecule has 1 aromatic carbocycles. The fourth-order valence-electron chi connectivity index (χ4n) is 3.63. The maximum atomic E-state index is 3.76. The van der Waals surface area contributed by atoms with Gasteiger partial charge in [-0.25, -0.2) is 0 Å². The third-order valence-electron chi connectivity index (χ3n) is 4.87. The van der Waals surface area contributed by atoms with Crippen molar-refractivity contribution in [2.24, 2.45) is 17.8 Å². The van der Waals surface area contributed by atoms with Gasteiger partial charge in [0.2, 0.25) is 0 Å². The van der Waals surface area contributed by atoms with Crippen LogP contribution in [0.3, 0.4) is 0 Å². The maximum absolute atomic E-state index is 3.76. The Morgan fingerprint density at radius 3 is 2.55 bits per heavy atom. The normalized spacial score (nSPS) is 24.8. The van der Waals surface area contributed by atoms with E-state index in [1.165, 1.54) is 37.8 Å². The van der Waals surface area contributed by atoms with Gasteiger partial charge >= 0.3 is 0 Å². The summed E-state index contributed by atoms with van der Waals surface area (Å²) in [7, 11) is 0. The van der Waals surface area contributed by atoms with Crippen LogP contribution in [-0.4, -0.2) is 13.1 Å². The largest absolute Gasteiger partial charge is 0.316 e. The second kappa shape index (κ2) is 7.83. The summed E-state index contributed by atoms with van der Waals surface area (Å²) >= 11 is 0. The van der Waals surface area contributed by atoms with Gasteiger partial charge in [-0.05, 0) is 48.6 Å². The van der Waals surface area contributed by atoms with Gasteiger partial charge in [-0.3, -0.25) is 0 Å². The van der Waals surface area contributed by atoms with Crippen LogP contribution in [0.15, 0.2) is 30.3 Å². The van der Waals surface area contributed by atoms with Crippen molar-refractivity contribution in [1.82, 2.24) is 5.32 Å². The minimum atomic E-state index is 0.636. The molecule has 0 spiro atoms. The van der Waals surface area contributed by atoms with Crippen LogP contribution in [0.25, 0.3) is 0 Å². The van der Waals surface area contributed by atoms with Crippen molar-refractivity contribution in [2.45, 2.75) is 52.4 Å². The molecule has 1 heteroatoms. The first-order valence-electron chi connectivity index (χ1n) is 8.42. The molecule has 1 aromatic rings. The Morgan fingerprint density at radius 1 is 1.15 bits per heavy atom. The van der Waals surface area contributed by atoms with Crippen LogP contribution in [0.1, 0.15) is 57.9 Å². The monoisotopic (exact) mass is 273 g/mol. The summed E-state index contributed by atoms with van der Waals surface area (Å²) in [4.78, 5) is 0. The summed E-state index contributed by atoms with van der Waals surface area (Å²) in [6.45, 7) is 9.41. The van der Waals surface area contributed by atoms with E-state index in [9.17, 15) is 0 Å². The summed E-state index contributed by atoms with van der Waals surface area (Å²) in [6.07, 6.45) is 5.72. The average Bonchev–Trinajstić information content (AvgIpc) is 2.44. The summed E-state index contributed by atoms with van der Waals surface area (Å²) < 4.78 is 0. The molecule has 1 N–H and O–H groups in total. The van der Waals surface area contributed by atoms with Crippen molar-refractivity contribution < 1.29 is 0 Å². The Hall–Kier alpha value is -0.820. The quantitative estimate of drug-likeness (QED) is 0.782. The maximum Gasteiger partial charge on any atom is 0.00227 e. The Bertz CT molecular complexity index is 371. The summed E-state index contributed by atoms with van der Waals surface area (Å²) in [5.74, 6) is 3.17. The second-order valence-electron chi connectivity index (χ2n) is 7.06. The fourth-order valence-corrected chi connectivity index (χ4v) is 3.63. The molecule has 2 rings (SSSR count). The van der Waals surface area contributed by atoms with Crippen molar-refractivity contribution in [3.8, 4) is 0 Å². The van der Waals surface area contributed by atoms with E-state index < -0.39 is 0 Å². The van der Waals surface area contributed by atoms with Crippen LogP contribution in [0.2, 0.25) is 0 Å². The molecule has 0 saturated heterocycles. The van der Waals surface area contributed by atoms with Crippen LogP contribution in [-0.2, 0) is 0 Å². The number of benzene rings is 1. The van der Waals surface area contributed by atoms with Gasteiger partial charge in [0.25, 0.3) is 0 Å². The summed E-state index contributed by atoms with van der Waals surface area (Å²) in [5, 5.41) is 3.76. The molecular formula is C19H31N. The van der Waals surface area contributed by atoms with E-state index in [-0.39, 0.29) is 0 Å². The van der Waals surface area contributed by atoms with Gasteiger partial charge < -0.3 is 5.32 Å². The molecule has 0 heterocycles. The molecule has 0 aromatic heterocycles. The molecule has 0 radical (unpaired) electrons. The summed E-state index contributed by atoms with van der Waals surface area (Å²) in [6, 6.07) is 11.0. The highest BCUT2D eigenvalue weighted by atomic mass is 14.9. The smallest absolute Gasteiger partial charge is 0.00227 e. The molecule has 1 aliphatic rings. The van der Waals surface area contributed by atoms with E-state index in [4.69, 9.17) is 0 Å². The lowest BCUT2D eigenvalue weighted by Crippen LogP contribution is -2.31. The van der Waals surface area contributed by atoms with Gasteiger partial charge in [0.05, 0.1) is 0 Å². The SMILES string of the molecule is CC1CCCC(CNCC(c2ccccc2)C(C)C)C1. The molecule has 1 saturated carbocycles. The Kier molecular flexibility index (Phi) is 6.09. The van der Waals surface area contributed by atoms with E-state index in [1.807, 2.05) is 0 Å². The predicted molar refractivity (Wildman–Crippen MR) is 88.0 cm³/mol. The van der Waals surface area contributed by atoms with Crippen LogP contribution < -0.4 is 5.32 Å². The zero-order valence-electron chi connectivity index (χ0n) is 13.4. The topological polar surface area (TPSA) is 12.0 Å². The van der Waals surface area contributed by atoms with Crippen LogP contribution >= 0.6 is 0 Å². The molecule has 1 fully saturated rings. The molecule has 20 heavy (non-hydrogen) atoms. The van der Waals surface area contributed by atoms with Gasteiger partial charge in [-0.15, -0.1) is 0 Å². The Balaban J connectivity index is 1.81. The van der Waals surface area contributed by atoms with Gasteiger partial charge in [0.15, 0.2) is 0 Å². The second-order valence-corrected chi connectivity index (χ2v) is 7.06. The molecular weight excluding hydrogens is 242 g/mol. The lowest BCUT2D eigenvalue weighted by atomic mass is 9.82. The van der Waals surface area contributed by atoms with E-state index in [0.717, 1.165) is 18.4 Å². The molecule has 112 valence electrons. The molecule has 1 nitrogen and oxygen atoms in total. The molecule has 0 aliphatic heterocycles. The minimum Gasteiger partial charge on any atom is -0.316 e. The van der Waals surface area contributed by atoms with E-state index in [0.29, 0.717) is 11.8 Å². The van der Waals surface area contributed by atoms with Gasteiger partial charge in [-0.2, -0.15) is 0 Å². The zero-order valence-corrected chi connectivity index (χ0v) is 13.4. The number of nitrogens with one attached hydrogen (secondary N) is 1. The standard InChI is InChI=1S/C19H31N/c1-15(2)19(18-10-5-4-6-11-18)14-20-13-17-9-7-8-16(3)12-17/h4-6,10-11,15-17,19-20H,7-9,12-14H2,1-3H3. The van der Waals surface area contributed by atoms with Crippen molar-refractivity contribution in [3.63, 3.8) is 0 Å². The molecule has 1 aliphatic carbocycles. The van der Waals surface area contributed by atoms with Crippen LogP contribution in [0.4, 0.5) is 0 Å². The average molecular weight is 273 g/mol. The van der Waals surface area contributed by atoms with Gasteiger partial charge in [-0.1, -0.05) is 63.9 Å². The zero-order chi connectivity index (χ0) is 14.4. The number of rotatable bonds is 6. The molecule has 0 bridgehead atoms. The molecule has 0 amide bonds. The number of hydrogen-bond donors (Lipinski definition) is 1. The van der Waals surface area contributed by atoms with Crippen molar-refractivity contribution in [1.29, 1.82) is 0 Å². The molecule has 3 unspecified atom stereocenters. The van der Waals surface area contributed by atoms with Gasteiger partial charge in [0, 0.05) is 6.54 Å². The van der Waals surface area contributed by atoms with Gasteiger partial charge in [0.1, 0.15) is 0 Å². The van der Waals surface area contributed by atoms with Crippen molar-refractivity contribution in [2.75, 3.05) is 13.1 Å². The lowest BCUT2D eigenvalue weighted by Gasteiger charge is -2.28. The lowest BCUT2D eigenvalue weighted by molar-refractivity contribution is 0.271. The predicted octanol–water partition coefficient (Wildman–Crippen LogP) is 4.84. The van der Waals surface area contributed by atoms with E-state index >= 15 is 0 Å². The first kappa shape index (κ1) is 15.6. The Morgan fingerprint density at radius 2 is 1.90 bits per heavy atom. The van der Waals surface area contributed by atoms with E-state index in [2.05, 4.69) is 56.4 Å². The third-order valence-corrected chi connectivity index (χ3v) is 4.87. The van der Waals surface area contributed by atoms with E-state index in [1.54, 1.807) is 0 Å². The van der Waals surface area contributed by atoms with Crippen LogP contribution in [0, 0.1) is 17.8 Å². The Labute approximate surface area is 125 Å². The molecule has 3 atom stereocenters. The van der Waals surface area contributed by atoms with Crippen molar-refractivity contribution >= 4 is 0 Å². The third kappa shape index (κ3) is 4.63. The first-order chi connectivity index (χ1) is 9.66. The minimum absolute atomic E-state index is 0.636. The summed E-state index contributed by atoms with van der Waals surface area (Å²) in [5.41, 5.74) is 1.48. The highest BCUT2D eigenvalue weighted by molar-refractivity contribution is 5.20. The first-order valence-corrected chi connectivity index (χ1v) is 8.42. The van der Waals surface area contributed by atoms with Crippen molar-refractivity contribution in [3.05, 3.63) is 35.9 Å².